The maximum atomic E-state index is 13.7. The van der Waals surface area contributed by atoms with Crippen molar-refractivity contribution in [2.75, 3.05) is 37.4 Å². The third-order valence-corrected chi connectivity index (χ3v) is 7.59. The molecule has 0 radical (unpaired) electrons. The molecule has 5 rings (SSSR count). The van der Waals surface area contributed by atoms with Crippen molar-refractivity contribution in [3.05, 3.63) is 77.9 Å². The van der Waals surface area contributed by atoms with Crippen LogP contribution in [0.15, 0.2) is 66.7 Å². The molecule has 2 fully saturated rings. The Kier molecular flexibility index (Phi) is 6.22. The van der Waals surface area contributed by atoms with Crippen LogP contribution in [0.3, 0.4) is 0 Å². The molecule has 36 heavy (non-hydrogen) atoms. The van der Waals surface area contributed by atoms with Crippen LogP contribution in [0.25, 0.3) is 11.1 Å². The highest BCUT2D eigenvalue weighted by Gasteiger charge is 2.49. The number of anilines is 2. The molecular formula is C29H30N4O3. The summed E-state index contributed by atoms with van der Waals surface area (Å²) in [7, 11) is 1.60. The third-order valence-electron chi connectivity index (χ3n) is 7.59. The number of benzene rings is 3. The number of ether oxygens (including phenoxy) is 1. The first-order valence-corrected chi connectivity index (χ1v) is 12.2. The van der Waals surface area contributed by atoms with Gasteiger partial charge in [0.1, 0.15) is 5.75 Å². The van der Waals surface area contributed by atoms with Crippen LogP contribution >= 0.6 is 0 Å². The van der Waals surface area contributed by atoms with E-state index in [9.17, 15) is 9.59 Å². The van der Waals surface area contributed by atoms with Crippen LogP contribution < -0.4 is 15.4 Å². The Morgan fingerprint density at radius 2 is 1.67 bits per heavy atom. The summed E-state index contributed by atoms with van der Waals surface area (Å²) in [6.07, 6.45) is 3.39. The minimum atomic E-state index is -0.415. The van der Waals surface area contributed by atoms with Crippen LogP contribution in [0.4, 0.5) is 11.4 Å². The predicted molar refractivity (Wildman–Crippen MR) is 142 cm³/mol. The molecule has 7 nitrogen and oxygen atoms in total. The summed E-state index contributed by atoms with van der Waals surface area (Å²) < 4.78 is 5.18. The minimum absolute atomic E-state index is 0.00435. The zero-order valence-corrected chi connectivity index (χ0v) is 20.4. The molecule has 2 aliphatic heterocycles. The van der Waals surface area contributed by atoms with Gasteiger partial charge in [-0.15, -0.1) is 0 Å². The number of methoxy groups -OCH3 is 1. The zero-order chi connectivity index (χ0) is 25.3. The van der Waals surface area contributed by atoms with Crippen molar-refractivity contribution in [3.63, 3.8) is 0 Å². The number of piperidine rings is 1. The number of amides is 2. The first kappa shape index (κ1) is 23.6. The zero-order valence-electron chi connectivity index (χ0n) is 20.4. The van der Waals surface area contributed by atoms with E-state index in [1.807, 2.05) is 46.2 Å². The maximum absolute atomic E-state index is 13.7. The van der Waals surface area contributed by atoms with Gasteiger partial charge in [0.2, 0.25) is 5.91 Å². The highest BCUT2D eigenvalue weighted by molar-refractivity contribution is 6.01. The molecule has 1 spiro atoms. The molecule has 0 aromatic heterocycles. The number of hydrogen-bond donors (Lipinski definition) is 2. The van der Waals surface area contributed by atoms with Crippen molar-refractivity contribution in [2.45, 2.75) is 19.3 Å². The highest BCUT2D eigenvalue weighted by Crippen LogP contribution is 2.43. The number of likely N-dealkylation sites (tertiary alicyclic amines) is 1. The van der Waals surface area contributed by atoms with Crippen LogP contribution in [-0.2, 0) is 4.79 Å². The second-order valence-corrected chi connectivity index (χ2v) is 9.55. The van der Waals surface area contributed by atoms with Crippen LogP contribution in [-0.4, -0.2) is 49.7 Å². The van der Waals surface area contributed by atoms with Gasteiger partial charge in [-0.3, -0.25) is 9.59 Å². The number of carbonyl (C=O) groups is 2. The van der Waals surface area contributed by atoms with E-state index in [4.69, 9.17) is 15.9 Å². The number of hydrogen-bond acceptors (Lipinski definition) is 5. The first-order chi connectivity index (χ1) is 17.4. The minimum Gasteiger partial charge on any atom is -0.497 e. The summed E-state index contributed by atoms with van der Waals surface area (Å²) >= 11 is 0. The number of nitrogens with two attached hydrogens (primary N) is 1. The Labute approximate surface area is 211 Å². The molecule has 0 unspecified atom stereocenters. The van der Waals surface area contributed by atoms with Crippen molar-refractivity contribution in [2.24, 2.45) is 5.41 Å². The Morgan fingerprint density at radius 3 is 2.36 bits per heavy atom. The van der Waals surface area contributed by atoms with Crippen molar-refractivity contribution in [3.8, 4) is 16.9 Å². The Hall–Kier alpha value is -4.13. The quantitative estimate of drug-likeness (QED) is 0.410. The van der Waals surface area contributed by atoms with E-state index >= 15 is 0 Å². The molecule has 3 aromatic carbocycles. The molecule has 184 valence electrons. The molecule has 0 aliphatic carbocycles. The average molecular weight is 483 g/mol. The summed E-state index contributed by atoms with van der Waals surface area (Å²) in [6, 6.07) is 20.7. The number of nitrogens with zero attached hydrogens (tertiary/aromatic N) is 2. The SMILES string of the molecule is COc1ccc(C(=O)N2CCC3(CC2)CCN(c2cccc(-c4ccc(N)c(C=N)c4)c2)C3=O)cc1. The number of carbonyl (C=O) groups excluding carboxylic acids is 2. The van der Waals surface area contributed by atoms with Crippen molar-refractivity contribution in [1.29, 1.82) is 5.41 Å². The Bertz CT molecular complexity index is 1310. The van der Waals surface area contributed by atoms with E-state index in [1.54, 1.807) is 37.4 Å². The standard InChI is InChI=1S/C29H30N4O3/c1-36-25-8-5-20(6-9-25)27(34)32-14-11-29(12-15-32)13-16-33(28(29)35)24-4-2-3-21(18-24)22-7-10-26(31)23(17-22)19-30/h2-10,17-19,30H,11-16,31H2,1H3. The summed E-state index contributed by atoms with van der Waals surface area (Å²) in [4.78, 5) is 30.4. The monoisotopic (exact) mass is 482 g/mol. The van der Waals surface area contributed by atoms with Gasteiger partial charge >= 0.3 is 0 Å². The van der Waals surface area contributed by atoms with E-state index in [1.165, 1.54) is 6.21 Å². The number of nitrogen functional groups attached to an aromatic ring is 1. The first-order valence-electron chi connectivity index (χ1n) is 12.2. The van der Waals surface area contributed by atoms with E-state index in [-0.39, 0.29) is 11.8 Å². The van der Waals surface area contributed by atoms with Gasteiger partial charge < -0.3 is 25.7 Å². The van der Waals surface area contributed by atoms with Gasteiger partial charge in [-0.2, -0.15) is 0 Å². The molecule has 0 atom stereocenters. The highest BCUT2D eigenvalue weighted by atomic mass is 16.5. The Morgan fingerprint density at radius 1 is 0.972 bits per heavy atom. The van der Waals surface area contributed by atoms with Gasteiger partial charge in [-0.1, -0.05) is 18.2 Å². The molecule has 3 N–H and O–H groups in total. The van der Waals surface area contributed by atoms with E-state index in [0.717, 1.165) is 29.0 Å². The van der Waals surface area contributed by atoms with Crippen LogP contribution in [0.5, 0.6) is 5.75 Å². The summed E-state index contributed by atoms with van der Waals surface area (Å²) in [5, 5.41) is 7.58. The molecule has 2 amide bonds. The number of rotatable bonds is 5. The van der Waals surface area contributed by atoms with E-state index in [0.29, 0.717) is 49.3 Å². The third kappa shape index (κ3) is 4.21. The molecule has 0 saturated carbocycles. The fourth-order valence-electron chi connectivity index (χ4n) is 5.32. The molecule has 0 bridgehead atoms. The van der Waals surface area contributed by atoms with Crippen molar-refractivity contribution >= 4 is 29.4 Å². The average Bonchev–Trinajstić information content (AvgIpc) is 3.24. The summed E-state index contributed by atoms with van der Waals surface area (Å²) in [5.41, 5.74) is 10.2. The lowest BCUT2D eigenvalue weighted by atomic mass is 9.77. The summed E-state index contributed by atoms with van der Waals surface area (Å²) in [6.45, 7) is 1.81. The van der Waals surface area contributed by atoms with Gasteiger partial charge in [0, 0.05) is 48.4 Å². The van der Waals surface area contributed by atoms with Crippen molar-refractivity contribution in [1.82, 2.24) is 4.90 Å². The van der Waals surface area contributed by atoms with Gasteiger partial charge in [0.05, 0.1) is 12.5 Å². The topological polar surface area (TPSA) is 99.7 Å². The molecule has 3 aromatic rings. The molecular weight excluding hydrogens is 452 g/mol. The van der Waals surface area contributed by atoms with Crippen LogP contribution in [0.2, 0.25) is 0 Å². The Balaban J connectivity index is 1.29. The second kappa shape index (κ2) is 9.49. The van der Waals surface area contributed by atoms with Gasteiger partial charge in [0.25, 0.3) is 5.91 Å². The molecule has 2 aliphatic rings. The molecule has 7 heteroatoms. The maximum Gasteiger partial charge on any atom is 0.253 e. The number of nitrogens with one attached hydrogen (secondary N) is 1. The fourth-order valence-corrected chi connectivity index (χ4v) is 5.32. The largest absolute Gasteiger partial charge is 0.497 e. The predicted octanol–water partition coefficient (Wildman–Crippen LogP) is 4.60. The fraction of sp³-hybridized carbons (Fsp3) is 0.276. The normalized spacial score (nSPS) is 16.9. The van der Waals surface area contributed by atoms with E-state index in [2.05, 4.69) is 0 Å². The molecule has 2 heterocycles. The van der Waals surface area contributed by atoms with Gasteiger partial charge in [0.15, 0.2) is 0 Å². The van der Waals surface area contributed by atoms with Gasteiger partial charge in [-0.05, 0) is 78.9 Å². The van der Waals surface area contributed by atoms with Crippen LogP contribution in [0.1, 0.15) is 35.2 Å². The van der Waals surface area contributed by atoms with E-state index < -0.39 is 5.41 Å². The lowest BCUT2D eigenvalue weighted by Gasteiger charge is -2.38. The summed E-state index contributed by atoms with van der Waals surface area (Å²) in [5.74, 6) is 0.861. The van der Waals surface area contributed by atoms with Crippen molar-refractivity contribution < 1.29 is 14.3 Å². The smallest absolute Gasteiger partial charge is 0.253 e. The van der Waals surface area contributed by atoms with Gasteiger partial charge in [-0.25, -0.2) is 0 Å². The second-order valence-electron chi connectivity index (χ2n) is 9.55. The molecule has 2 saturated heterocycles. The lowest BCUT2D eigenvalue weighted by Crippen LogP contribution is -2.46. The lowest BCUT2D eigenvalue weighted by molar-refractivity contribution is -0.127. The van der Waals surface area contributed by atoms with Crippen LogP contribution in [0, 0.1) is 10.8 Å².